The van der Waals surface area contributed by atoms with Gasteiger partial charge < -0.3 is 15.6 Å². The Balaban J connectivity index is 1.62. The van der Waals surface area contributed by atoms with Crippen molar-refractivity contribution in [3.63, 3.8) is 0 Å². The number of fused-ring (bicyclic) bond motifs is 1. The van der Waals surface area contributed by atoms with E-state index in [4.69, 9.17) is 10.3 Å². The molecule has 1 atom stereocenters. The average molecular weight is 364 g/mol. The highest BCUT2D eigenvalue weighted by Gasteiger charge is 2.29. The Morgan fingerprint density at radius 1 is 1.30 bits per heavy atom. The van der Waals surface area contributed by atoms with Gasteiger partial charge in [0.05, 0.1) is 16.6 Å². The van der Waals surface area contributed by atoms with E-state index in [-0.39, 0.29) is 17.9 Å². The molecule has 27 heavy (non-hydrogen) atoms. The van der Waals surface area contributed by atoms with Crippen molar-refractivity contribution in [2.45, 2.75) is 44.6 Å². The van der Waals surface area contributed by atoms with E-state index in [0.717, 1.165) is 29.8 Å². The van der Waals surface area contributed by atoms with Gasteiger partial charge in [0.2, 0.25) is 0 Å². The first-order valence-electron chi connectivity index (χ1n) is 9.43. The summed E-state index contributed by atoms with van der Waals surface area (Å²) < 4.78 is 5.45. The predicted molar refractivity (Wildman–Crippen MR) is 104 cm³/mol. The van der Waals surface area contributed by atoms with Crippen molar-refractivity contribution in [1.82, 2.24) is 15.5 Å². The lowest BCUT2D eigenvalue weighted by molar-refractivity contribution is 0.0952. The first kappa shape index (κ1) is 17.7. The Morgan fingerprint density at radius 3 is 2.70 bits per heavy atom. The van der Waals surface area contributed by atoms with Crippen LogP contribution < -0.4 is 11.1 Å². The number of hydrogen-bond donors (Lipinski definition) is 2. The molecule has 140 valence electrons. The molecule has 0 radical (unpaired) electrons. The normalized spacial score (nSPS) is 15.3. The quantitative estimate of drug-likeness (QED) is 0.696. The number of carbonyl (C=O) groups is 1. The Hall–Kier alpha value is -2.73. The molecule has 1 unspecified atom stereocenters. The van der Waals surface area contributed by atoms with Gasteiger partial charge in [-0.3, -0.25) is 4.79 Å². The molecule has 1 saturated carbocycles. The maximum atomic E-state index is 13.0. The summed E-state index contributed by atoms with van der Waals surface area (Å²) in [7, 11) is 0. The minimum atomic E-state index is -0.262. The third-order valence-electron chi connectivity index (χ3n) is 4.99. The monoisotopic (exact) mass is 364 g/mol. The Labute approximate surface area is 158 Å². The Kier molecular flexibility index (Phi) is 4.66. The molecule has 0 spiro atoms. The lowest BCUT2D eigenvalue weighted by Gasteiger charge is -2.14. The summed E-state index contributed by atoms with van der Waals surface area (Å²) in [6, 6.07) is 11.4. The van der Waals surface area contributed by atoms with Gasteiger partial charge in [0, 0.05) is 24.2 Å². The number of aromatic nitrogens is 2. The summed E-state index contributed by atoms with van der Waals surface area (Å²) in [6.07, 6.45) is 2.20. The van der Waals surface area contributed by atoms with Crippen LogP contribution in [0.25, 0.3) is 11.1 Å². The fourth-order valence-corrected chi connectivity index (χ4v) is 3.27. The maximum Gasteiger partial charge on any atom is 0.259 e. The van der Waals surface area contributed by atoms with Gasteiger partial charge in [0.1, 0.15) is 0 Å². The number of benzene rings is 1. The molecule has 0 aliphatic heterocycles. The van der Waals surface area contributed by atoms with Crippen molar-refractivity contribution < 1.29 is 9.32 Å². The molecule has 6 nitrogen and oxygen atoms in total. The molecule has 1 fully saturated rings. The fourth-order valence-electron chi connectivity index (χ4n) is 3.27. The summed E-state index contributed by atoms with van der Waals surface area (Å²) in [4.78, 5) is 17.6. The van der Waals surface area contributed by atoms with E-state index in [1.807, 2.05) is 50.2 Å². The van der Waals surface area contributed by atoms with Crippen LogP contribution in [0.2, 0.25) is 0 Å². The molecule has 6 heteroatoms. The number of amides is 1. The second-order valence-electron chi connectivity index (χ2n) is 7.50. The van der Waals surface area contributed by atoms with E-state index in [1.54, 1.807) is 0 Å². The van der Waals surface area contributed by atoms with Crippen LogP contribution in [0.3, 0.4) is 0 Å². The number of rotatable bonds is 6. The van der Waals surface area contributed by atoms with Crippen molar-refractivity contribution in [3.05, 3.63) is 58.9 Å². The number of nitrogens with one attached hydrogen (secondary N) is 1. The molecule has 1 amide bonds. The molecular weight excluding hydrogens is 340 g/mol. The zero-order valence-electron chi connectivity index (χ0n) is 15.6. The topological polar surface area (TPSA) is 94.0 Å². The van der Waals surface area contributed by atoms with Gasteiger partial charge in [-0.25, -0.2) is 4.98 Å². The summed E-state index contributed by atoms with van der Waals surface area (Å²) in [5.41, 5.74) is 9.90. The number of nitrogens with two attached hydrogens (primary N) is 1. The van der Waals surface area contributed by atoms with Gasteiger partial charge in [-0.2, -0.15) is 0 Å². The Morgan fingerprint density at radius 2 is 2.04 bits per heavy atom. The summed E-state index contributed by atoms with van der Waals surface area (Å²) in [6.45, 7) is 4.41. The van der Waals surface area contributed by atoms with E-state index >= 15 is 0 Å². The summed E-state index contributed by atoms with van der Waals surface area (Å²) >= 11 is 0. The molecule has 1 aliphatic rings. The molecule has 3 aromatic rings. The second kappa shape index (κ2) is 7.12. The van der Waals surface area contributed by atoms with E-state index in [0.29, 0.717) is 29.1 Å². The van der Waals surface area contributed by atoms with Crippen molar-refractivity contribution in [1.29, 1.82) is 0 Å². The molecule has 1 aliphatic carbocycles. The lowest BCUT2D eigenvalue weighted by atomic mass is 10.0. The molecule has 1 aromatic carbocycles. The predicted octanol–water partition coefficient (Wildman–Crippen LogP) is 3.65. The average Bonchev–Trinajstić information content (AvgIpc) is 3.44. The van der Waals surface area contributed by atoms with Crippen LogP contribution in [-0.2, 0) is 0 Å². The summed E-state index contributed by atoms with van der Waals surface area (Å²) in [5, 5.41) is 7.84. The van der Waals surface area contributed by atoms with Crippen LogP contribution in [0, 0.1) is 0 Å². The van der Waals surface area contributed by atoms with E-state index in [1.165, 1.54) is 0 Å². The van der Waals surface area contributed by atoms with Gasteiger partial charge >= 0.3 is 0 Å². The third kappa shape index (κ3) is 3.57. The number of carbonyl (C=O) groups excluding carboxylic acids is 1. The largest absolute Gasteiger partial charge is 0.350 e. The SMILES string of the molecule is CC(C)c1noc2nc(C3CC3)cc(C(=O)NCC(N)c3ccccc3)c12. The van der Waals surface area contributed by atoms with Gasteiger partial charge in [-0.1, -0.05) is 49.3 Å². The molecule has 0 saturated heterocycles. The van der Waals surface area contributed by atoms with Crippen molar-refractivity contribution in [2.75, 3.05) is 6.54 Å². The highest BCUT2D eigenvalue weighted by atomic mass is 16.5. The zero-order chi connectivity index (χ0) is 19.0. The van der Waals surface area contributed by atoms with Crippen LogP contribution in [0.5, 0.6) is 0 Å². The van der Waals surface area contributed by atoms with Crippen LogP contribution >= 0.6 is 0 Å². The molecule has 4 rings (SSSR count). The van der Waals surface area contributed by atoms with Crippen molar-refractivity contribution in [3.8, 4) is 0 Å². The van der Waals surface area contributed by atoms with Gasteiger partial charge in [-0.15, -0.1) is 0 Å². The standard InChI is InChI=1S/C21H24N4O2/c1-12(2)19-18-15(10-17(14-8-9-14)24-21(18)27-25-19)20(26)23-11-16(22)13-6-4-3-5-7-13/h3-7,10,12,14,16H,8-9,11,22H2,1-2H3,(H,23,26). The molecule has 0 bridgehead atoms. The van der Waals surface area contributed by atoms with Crippen LogP contribution in [0.4, 0.5) is 0 Å². The first-order valence-corrected chi connectivity index (χ1v) is 9.43. The van der Waals surface area contributed by atoms with E-state index < -0.39 is 0 Å². The van der Waals surface area contributed by atoms with E-state index in [2.05, 4.69) is 15.5 Å². The van der Waals surface area contributed by atoms with Gasteiger partial charge in [-0.05, 0) is 30.4 Å². The minimum absolute atomic E-state index is 0.137. The minimum Gasteiger partial charge on any atom is -0.350 e. The highest BCUT2D eigenvalue weighted by molar-refractivity contribution is 6.06. The van der Waals surface area contributed by atoms with Crippen molar-refractivity contribution >= 4 is 17.0 Å². The zero-order valence-corrected chi connectivity index (χ0v) is 15.6. The van der Waals surface area contributed by atoms with Gasteiger partial charge in [0.15, 0.2) is 0 Å². The van der Waals surface area contributed by atoms with Gasteiger partial charge in [0.25, 0.3) is 11.6 Å². The first-order chi connectivity index (χ1) is 13.0. The van der Waals surface area contributed by atoms with E-state index in [9.17, 15) is 4.79 Å². The smallest absolute Gasteiger partial charge is 0.259 e. The maximum absolute atomic E-state index is 13.0. The molecule has 3 N–H and O–H groups in total. The Bertz CT molecular complexity index is 961. The number of hydrogen-bond acceptors (Lipinski definition) is 5. The van der Waals surface area contributed by atoms with Crippen LogP contribution in [-0.4, -0.2) is 22.6 Å². The fraction of sp³-hybridized carbons (Fsp3) is 0.381. The molecule has 2 aromatic heterocycles. The van der Waals surface area contributed by atoms with Crippen LogP contribution in [0.15, 0.2) is 40.9 Å². The summed E-state index contributed by atoms with van der Waals surface area (Å²) in [5.74, 6) is 0.388. The second-order valence-corrected chi connectivity index (χ2v) is 7.50. The molecule has 2 heterocycles. The third-order valence-corrected chi connectivity index (χ3v) is 4.99. The number of nitrogens with zero attached hydrogens (tertiary/aromatic N) is 2. The highest BCUT2D eigenvalue weighted by Crippen LogP contribution is 2.41. The lowest BCUT2D eigenvalue weighted by Crippen LogP contribution is -2.32. The molecular formula is C21H24N4O2. The number of pyridine rings is 1. The van der Waals surface area contributed by atoms with Crippen LogP contribution in [0.1, 0.15) is 71.9 Å². The van der Waals surface area contributed by atoms with Crippen molar-refractivity contribution in [2.24, 2.45) is 5.73 Å².